The number of aliphatic hydroxyl groups excluding tert-OH is 1. The number of carbonyl (C=O) groups is 1. The molecule has 0 aliphatic heterocycles. The van der Waals surface area contributed by atoms with Crippen LogP contribution in [0.4, 0.5) is 0 Å². The second kappa shape index (κ2) is 9.58. The number of rotatable bonds is 9. The number of amides is 1. The molecule has 1 amide bonds. The first-order valence-electron chi connectivity index (χ1n) is 6.47. The Morgan fingerprint density at radius 3 is 2.90 bits per heavy atom. The van der Waals surface area contributed by atoms with Crippen LogP contribution in [0.2, 0.25) is 5.02 Å². The van der Waals surface area contributed by atoms with Crippen molar-refractivity contribution in [2.24, 2.45) is 0 Å². The lowest BCUT2D eigenvalue weighted by atomic mass is 10.2. The van der Waals surface area contributed by atoms with Crippen molar-refractivity contribution in [3.05, 3.63) is 28.8 Å². The minimum absolute atomic E-state index is 0.0146. The third kappa shape index (κ3) is 6.75. The molecule has 5 nitrogen and oxygen atoms in total. The maximum absolute atomic E-state index is 11.5. The minimum atomic E-state index is -0.181. The van der Waals surface area contributed by atoms with Gasteiger partial charge in [0, 0.05) is 18.2 Å². The molecule has 2 N–H and O–H groups in total. The Balaban J connectivity index is 2.15. The summed E-state index contributed by atoms with van der Waals surface area (Å²) in [5.41, 5.74) is 0.908. The van der Waals surface area contributed by atoms with Gasteiger partial charge in [-0.15, -0.1) is 0 Å². The smallest absolute Gasteiger partial charge is 0.257 e. The van der Waals surface area contributed by atoms with E-state index in [1.54, 1.807) is 18.2 Å². The van der Waals surface area contributed by atoms with Gasteiger partial charge in [0.05, 0.1) is 13.2 Å². The molecule has 6 heteroatoms. The van der Waals surface area contributed by atoms with Gasteiger partial charge in [0.15, 0.2) is 6.61 Å². The molecule has 0 aromatic heterocycles. The number of hydrogen-bond donors (Lipinski definition) is 2. The molecule has 1 aromatic rings. The molecule has 0 fully saturated rings. The Morgan fingerprint density at radius 2 is 2.20 bits per heavy atom. The lowest BCUT2D eigenvalue weighted by Gasteiger charge is -2.08. The van der Waals surface area contributed by atoms with Gasteiger partial charge in [0.1, 0.15) is 5.75 Å². The average Bonchev–Trinajstić information content (AvgIpc) is 2.44. The molecule has 0 saturated heterocycles. The van der Waals surface area contributed by atoms with Crippen molar-refractivity contribution < 1.29 is 19.4 Å². The van der Waals surface area contributed by atoms with E-state index in [1.165, 1.54) is 0 Å². The number of hydrogen-bond acceptors (Lipinski definition) is 4. The minimum Gasteiger partial charge on any atom is -0.484 e. The van der Waals surface area contributed by atoms with Crippen molar-refractivity contribution in [1.29, 1.82) is 0 Å². The van der Waals surface area contributed by atoms with E-state index >= 15 is 0 Å². The van der Waals surface area contributed by atoms with Crippen molar-refractivity contribution >= 4 is 17.5 Å². The molecule has 0 saturated carbocycles. The number of halogens is 1. The number of benzene rings is 1. The molecular formula is C14H20ClNO4. The third-order valence-electron chi connectivity index (χ3n) is 2.52. The van der Waals surface area contributed by atoms with Gasteiger partial charge in [-0.05, 0) is 37.1 Å². The zero-order valence-electron chi connectivity index (χ0n) is 11.5. The van der Waals surface area contributed by atoms with Crippen LogP contribution in [0.5, 0.6) is 5.75 Å². The summed E-state index contributed by atoms with van der Waals surface area (Å²) in [6.45, 7) is 3.22. The highest BCUT2D eigenvalue weighted by atomic mass is 35.5. The van der Waals surface area contributed by atoms with E-state index in [9.17, 15) is 4.79 Å². The molecule has 0 atom stereocenters. The molecule has 0 unspecified atom stereocenters. The second-order valence-electron chi connectivity index (χ2n) is 4.24. The first-order valence-corrected chi connectivity index (χ1v) is 6.85. The van der Waals surface area contributed by atoms with Crippen molar-refractivity contribution in [1.82, 2.24) is 5.32 Å². The molecule has 0 spiro atoms. The van der Waals surface area contributed by atoms with Crippen LogP contribution < -0.4 is 10.1 Å². The first-order chi connectivity index (χ1) is 9.63. The molecule has 0 aliphatic carbocycles. The van der Waals surface area contributed by atoms with Crippen molar-refractivity contribution in [3.8, 4) is 5.75 Å². The van der Waals surface area contributed by atoms with Gasteiger partial charge >= 0.3 is 0 Å². The predicted molar refractivity (Wildman–Crippen MR) is 77.2 cm³/mol. The molecule has 0 radical (unpaired) electrons. The zero-order valence-corrected chi connectivity index (χ0v) is 12.3. The average molecular weight is 302 g/mol. The summed E-state index contributed by atoms with van der Waals surface area (Å²) in [5.74, 6) is 0.438. The molecule has 112 valence electrons. The Bertz CT molecular complexity index is 426. The summed E-state index contributed by atoms with van der Waals surface area (Å²) in [4.78, 5) is 11.5. The first kappa shape index (κ1) is 16.8. The molecule has 0 heterocycles. The lowest BCUT2D eigenvalue weighted by molar-refractivity contribution is -0.123. The van der Waals surface area contributed by atoms with Crippen LogP contribution in [0.3, 0.4) is 0 Å². The highest BCUT2D eigenvalue weighted by molar-refractivity contribution is 6.31. The maximum Gasteiger partial charge on any atom is 0.257 e. The van der Waals surface area contributed by atoms with Gasteiger partial charge in [-0.2, -0.15) is 0 Å². The molecular weight excluding hydrogens is 282 g/mol. The predicted octanol–water partition coefficient (Wildman–Crippen LogP) is 1.54. The number of carbonyl (C=O) groups excluding carboxylic acids is 1. The van der Waals surface area contributed by atoms with Gasteiger partial charge < -0.3 is 19.9 Å². The summed E-state index contributed by atoms with van der Waals surface area (Å²) < 4.78 is 10.4. The number of ether oxygens (including phenoxy) is 2. The second-order valence-corrected chi connectivity index (χ2v) is 4.65. The largest absolute Gasteiger partial charge is 0.484 e. The van der Waals surface area contributed by atoms with E-state index in [0.29, 0.717) is 37.0 Å². The quantitative estimate of drug-likeness (QED) is 0.679. The number of aryl methyl sites for hydroxylation is 1. The number of nitrogens with one attached hydrogen (secondary N) is 1. The Kier molecular flexibility index (Phi) is 8.02. The van der Waals surface area contributed by atoms with Gasteiger partial charge in [-0.3, -0.25) is 4.79 Å². The standard InChI is InChI=1S/C14H20ClNO4/c1-11-9-12(3-4-13(11)15)20-10-14(18)16-5-2-7-19-8-6-17/h3-4,9,17H,2,5-8,10H2,1H3,(H,16,18). The van der Waals surface area contributed by atoms with Crippen LogP contribution in [-0.4, -0.2) is 44.0 Å². The van der Waals surface area contributed by atoms with Gasteiger partial charge in [-0.25, -0.2) is 0 Å². The van der Waals surface area contributed by atoms with E-state index in [2.05, 4.69) is 5.32 Å². The molecule has 1 rings (SSSR count). The zero-order chi connectivity index (χ0) is 14.8. The fourth-order valence-corrected chi connectivity index (χ4v) is 1.59. The summed E-state index contributed by atoms with van der Waals surface area (Å²) in [6, 6.07) is 5.26. The van der Waals surface area contributed by atoms with E-state index in [1.807, 2.05) is 6.92 Å². The van der Waals surface area contributed by atoms with E-state index in [-0.39, 0.29) is 19.1 Å². The fraction of sp³-hybridized carbons (Fsp3) is 0.500. The highest BCUT2D eigenvalue weighted by Crippen LogP contribution is 2.20. The highest BCUT2D eigenvalue weighted by Gasteiger charge is 2.03. The molecule has 0 bridgehead atoms. The monoisotopic (exact) mass is 301 g/mol. The van der Waals surface area contributed by atoms with Crippen LogP contribution in [0, 0.1) is 6.92 Å². The summed E-state index contributed by atoms with van der Waals surface area (Å²) in [7, 11) is 0. The molecule has 1 aromatic carbocycles. The van der Waals surface area contributed by atoms with E-state index in [0.717, 1.165) is 5.56 Å². The van der Waals surface area contributed by atoms with E-state index in [4.69, 9.17) is 26.2 Å². The Hall–Kier alpha value is -1.30. The third-order valence-corrected chi connectivity index (χ3v) is 2.95. The topological polar surface area (TPSA) is 67.8 Å². The normalized spacial score (nSPS) is 10.3. The van der Waals surface area contributed by atoms with Crippen LogP contribution in [0.15, 0.2) is 18.2 Å². The maximum atomic E-state index is 11.5. The van der Waals surface area contributed by atoms with Crippen LogP contribution in [-0.2, 0) is 9.53 Å². The SMILES string of the molecule is Cc1cc(OCC(=O)NCCCOCCO)ccc1Cl. The summed E-state index contributed by atoms with van der Waals surface area (Å²) >= 11 is 5.90. The Morgan fingerprint density at radius 1 is 1.40 bits per heavy atom. The van der Waals surface area contributed by atoms with Crippen molar-refractivity contribution in [2.75, 3.05) is 33.0 Å². The molecule has 20 heavy (non-hydrogen) atoms. The van der Waals surface area contributed by atoms with Gasteiger partial charge in [0.2, 0.25) is 0 Å². The lowest BCUT2D eigenvalue weighted by Crippen LogP contribution is -2.30. The number of aliphatic hydroxyl groups is 1. The van der Waals surface area contributed by atoms with E-state index < -0.39 is 0 Å². The van der Waals surface area contributed by atoms with Crippen LogP contribution in [0.25, 0.3) is 0 Å². The Labute approximate surface area is 123 Å². The van der Waals surface area contributed by atoms with Crippen LogP contribution >= 0.6 is 11.6 Å². The molecule has 0 aliphatic rings. The van der Waals surface area contributed by atoms with Crippen LogP contribution in [0.1, 0.15) is 12.0 Å². The van der Waals surface area contributed by atoms with Crippen molar-refractivity contribution in [3.63, 3.8) is 0 Å². The summed E-state index contributed by atoms with van der Waals surface area (Å²) in [5, 5.41) is 11.9. The van der Waals surface area contributed by atoms with Crippen molar-refractivity contribution in [2.45, 2.75) is 13.3 Å². The summed E-state index contributed by atoms with van der Waals surface area (Å²) in [6.07, 6.45) is 0.700. The van der Waals surface area contributed by atoms with Gasteiger partial charge in [0.25, 0.3) is 5.91 Å². The van der Waals surface area contributed by atoms with Gasteiger partial charge in [-0.1, -0.05) is 11.6 Å². The fourth-order valence-electron chi connectivity index (χ4n) is 1.48.